The first kappa shape index (κ1) is 20.6. The largest absolute Gasteiger partial charge is 0.369 e. The van der Waals surface area contributed by atoms with Gasteiger partial charge in [0, 0.05) is 54.6 Å². The number of carbonyl (C=O) groups excluding carboxylic acids is 1. The van der Waals surface area contributed by atoms with Gasteiger partial charge in [0.1, 0.15) is 11.7 Å². The van der Waals surface area contributed by atoms with Crippen LogP contribution >= 0.6 is 0 Å². The number of piperazine rings is 1. The molecule has 0 radical (unpaired) electrons. The Morgan fingerprint density at radius 3 is 2.55 bits per heavy atom. The third-order valence-corrected chi connectivity index (χ3v) is 5.49. The lowest BCUT2D eigenvalue weighted by Gasteiger charge is -2.34. The van der Waals surface area contributed by atoms with E-state index in [4.69, 9.17) is 9.78 Å². The van der Waals surface area contributed by atoms with Crippen LogP contribution in [0.15, 0.2) is 59.1 Å². The summed E-state index contributed by atoms with van der Waals surface area (Å²) in [5.74, 6) is 0.381. The first-order valence-corrected chi connectivity index (χ1v) is 10.3. The molecule has 1 amide bonds. The third kappa shape index (κ3) is 4.76. The summed E-state index contributed by atoms with van der Waals surface area (Å²) in [6, 6.07) is 18.8. The van der Waals surface area contributed by atoms with Gasteiger partial charge in [-0.05, 0) is 50.4 Å². The summed E-state index contributed by atoms with van der Waals surface area (Å²) in [5, 5.41) is 15.7. The van der Waals surface area contributed by atoms with Gasteiger partial charge in [0.05, 0.1) is 6.07 Å². The number of likely N-dealkylation sites (N-methyl/N-ethyl adjacent to an activating group) is 1. The molecule has 7 heteroatoms. The summed E-state index contributed by atoms with van der Waals surface area (Å²) < 4.78 is 5.57. The zero-order valence-corrected chi connectivity index (χ0v) is 17.7. The topological polar surface area (TPSA) is 85.4 Å². The second kappa shape index (κ2) is 9.02. The number of rotatable bonds is 5. The zero-order valence-electron chi connectivity index (χ0n) is 17.7. The van der Waals surface area contributed by atoms with Gasteiger partial charge in [-0.15, -0.1) is 0 Å². The normalized spacial score (nSPS) is 15.3. The standard InChI is InChI=1S/C24H25N5O2/c1-17(16-25)26-24(30)20-5-3-4-19(14-20)22-15-23(31-27-22)18-6-8-21(9-7-18)29-12-10-28(2)11-13-29/h3-9,14-15,17H,10-13H2,1-2H3,(H,26,30). The molecule has 31 heavy (non-hydrogen) atoms. The highest BCUT2D eigenvalue weighted by Crippen LogP contribution is 2.28. The van der Waals surface area contributed by atoms with Crippen LogP contribution in [0.4, 0.5) is 5.69 Å². The smallest absolute Gasteiger partial charge is 0.252 e. The maximum Gasteiger partial charge on any atom is 0.252 e. The molecule has 1 unspecified atom stereocenters. The first-order chi connectivity index (χ1) is 15.0. The van der Waals surface area contributed by atoms with Crippen molar-refractivity contribution in [1.29, 1.82) is 5.26 Å². The van der Waals surface area contributed by atoms with E-state index in [1.165, 1.54) is 5.69 Å². The zero-order chi connectivity index (χ0) is 21.8. The Kier molecular flexibility index (Phi) is 6.01. The van der Waals surface area contributed by atoms with Gasteiger partial charge < -0.3 is 19.6 Å². The van der Waals surface area contributed by atoms with Gasteiger partial charge in [-0.2, -0.15) is 5.26 Å². The Labute approximate surface area is 181 Å². The molecule has 158 valence electrons. The van der Waals surface area contributed by atoms with Crippen LogP contribution in [0, 0.1) is 11.3 Å². The minimum Gasteiger partial charge on any atom is -0.369 e. The van der Waals surface area contributed by atoms with E-state index in [1.807, 2.05) is 30.3 Å². The number of nitriles is 1. The van der Waals surface area contributed by atoms with Crippen molar-refractivity contribution in [2.45, 2.75) is 13.0 Å². The number of benzene rings is 2. The molecule has 7 nitrogen and oxygen atoms in total. The van der Waals surface area contributed by atoms with Gasteiger partial charge in [0.25, 0.3) is 5.91 Å². The lowest BCUT2D eigenvalue weighted by Crippen LogP contribution is -2.44. The van der Waals surface area contributed by atoms with E-state index in [2.05, 4.69) is 39.5 Å². The molecule has 1 aliphatic rings. The molecule has 1 fully saturated rings. The Hall–Kier alpha value is -3.63. The summed E-state index contributed by atoms with van der Waals surface area (Å²) in [7, 11) is 2.15. The lowest BCUT2D eigenvalue weighted by molar-refractivity contribution is 0.0948. The molecule has 1 N–H and O–H groups in total. The van der Waals surface area contributed by atoms with E-state index in [9.17, 15) is 4.79 Å². The number of hydrogen-bond acceptors (Lipinski definition) is 6. The van der Waals surface area contributed by atoms with Gasteiger partial charge in [-0.3, -0.25) is 4.79 Å². The van der Waals surface area contributed by atoms with Crippen molar-refractivity contribution in [2.24, 2.45) is 0 Å². The van der Waals surface area contributed by atoms with Gasteiger partial charge in [0.15, 0.2) is 5.76 Å². The SMILES string of the molecule is CC(C#N)NC(=O)c1cccc(-c2cc(-c3ccc(N4CCN(C)CC4)cc3)on2)c1. The van der Waals surface area contributed by atoms with E-state index in [-0.39, 0.29) is 5.91 Å². The van der Waals surface area contributed by atoms with Crippen LogP contribution in [0.3, 0.4) is 0 Å². The minimum absolute atomic E-state index is 0.292. The molecule has 2 aromatic carbocycles. The van der Waals surface area contributed by atoms with E-state index in [0.29, 0.717) is 17.0 Å². The Morgan fingerprint density at radius 2 is 1.84 bits per heavy atom. The highest BCUT2D eigenvalue weighted by molar-refractivity contribution is 5.95. The molecule has 1 aliphatic heterocycles. The minimum atomic E-state index is -0.552. The number of amides is 1. The van der Waals surface area contributed by atoms with Crippen molar-refractivity contribution in [3.8, 4) is 28.7 Å². The number of nitrogens with one attached hydrogen (secondary N) is 1. The van der Waals surface area contributed by atoms with Crippen LogP contribution in [0.25, 0.3) is 22.6 Å². The number of carbonyl (C=O) groups is 1. The Balaban J connectivity index is 1.49. The van der Waals surface area contributed by atoms with E-state index in [1.54, 1.807) is 25.1 Å². The van der Waals surface area contributed by atoms with Gasteiger partial charge in [-0.1, -0.05) is 17.3 Å². The van der Waals surface area contributed by atoms with E-state index >= 15 is 0 Å². The molecule has 1 saturated heterocycles. The molecule has 4 rings (SSSR count). The molecule has 3 aromatic rings. The quantitative estimate of drug-likeness (QED) is 0.687. The van der Waals surface area contributed by atoms with Crippen LogP contribution < -0.4 is 10.2 Å². The van der Waals surface area contributed by atoms with E-state index < -0.39 is 6.04 Å². The molecular weight excluding hydrogens is 390 g/mol. The summed E-state index contributed by atoms with van der Waals surface area (Å²) in [6.07, 6.45) is 0. The average molecular weight is 415 g/mol. The van der Waals surface area contributed by atoms with Crippen molar-refractivity contribution in [3.05, 3.63) is 60.2 Å². The van der Waals surface area contributed by atoms with Crippen LogP contribution in [0.5, 0.6) is 0 Å². The van der Waals surface area contributed by atoms with Crippen LogP contribution in [0.1, 0.15) is 17.3 Å². The molecule has 0 bridgehead atoms. The Bertz CT molecular complexity index is 1090. The van der Waals surface area contributed by atoms with Gasteiger partial charge >= 0.3 is 0 Å². The number of nitrogens with zero attached hydrogens (tertiary/aromatic N) is 4. The van der Waals surface area contributed by atoms with E-state index in [0.717, 1.165) is 37.3 Å². The molecule has 0 spiro atoms. The maximum absolute atomic E-state index is 12.3. The van der Waals surface area contributed by atoms with Crippen molar-refractivity contribution in [3.63, 3.8) is 0 Å². The summed E-state index contributed by atoms with van der Waals surface area (Å²) in [5.41, 5.74) is 4.07. The summed E-state index contributed by atoms with van der Waals surface area (Å²) >= 11 is 0. The Morgan fingerprint density at radius 1 is 1.10 bits per heavy atom. The molecule has 2 heterocycles. The predicted octanol–water partition coefficient (Wildman–Crippen LogP) is 3.40. The molecular formula is C24H25N5O2. The van der Waals surface area contributed by atoms with Gasteiger partial charge in [0.2, 0.25) is 0 Å². The maximum atomic E-state index is 12.3. The molecule has 0 saturated carbocycles. The number of hydrogen-bond donors (Lipinski definition) is 1. The van der Waals surface area contributed by atoms with Crippen LogP contribution in [-0.2, 0) is 0 Å². The molecule has 1 atom stereocenters. The fourth-order valence-corrected chi connectivity index (χ4v) is 3.58. The average Bonchev–Trinajstić information content (AvgIpc) is 3.30. The van der Waals surface area contributed by atoms with Crippen molar-refractivity contribution in [1.82, 2.24) is 15.4 Å². The fraction of sp³-hybridized carbons (Fsp3) is 0.292. The second-order valence-corrected chi connectivity index (χ2v) is 7.82. The third-order valence-electron chi connectivity index (χ3n) is 5.49. The summed E-state index contributed by atoms with van der Waals surface area (Å²) in [6.45, 7) is 5.83. The van der Waals surface area contributed by atoms with Crippen LogP contribution in [0.2, 0.25) is 0 Å². The lowest BCUT2D eigenvalue weighted by atomic mass is 10.1. The fourth-order valence-electron chi connectivity index (χ4n) is 3.58. The first-order valence-electron chi connectivity index (χ1n) is 10.3. The van der Waals surface area contributed by atoms with Crippen LogP contribution in [-0.4, -0.2) is 55.2 Å². The van der Waals surface area contributed by atoms with Gasteiger partial charge in [-0.25, -0.2) is 0 Å². The molecule has 1 aromatic heterocycles. The monoisotopic (exact) mass is 415 g/mol. The van der Waals surface area contributed by atoms with Crippen molar-refractivity contribution >= 4 is 11.6 Å². The van der Waals surface area contributed by atoms with Crippen molar-refractivity contribution in [2.75, 3.05) is 38.1 Å². The molecule has 0 aliphatic carbocycles. The highest BCUT2D eigenvalue weighted by Gasteiger charge is 2.16. The van der Waals surface area contributed by atoms with Crippen molar-refractivity contribution < 1.29 is 9.32 Å². The number of anilines is 1. The second-order valence-electron chi connectivity index (χ2n) is 7.82. The number of aromatic nitrogens is 1. The summed E-state index contributed by atoms with van der Waals surface area (Å²) in [4.78, 5) is 17.0. The predicted molar refractivity (Wildman–Crippen MR) is 120 cm³/mol. The highest BCUT2D eigenvalue weighted by atomic mass is 16.5.